The Bertz CT molecular complexity index is 319. The fraction of sp³-hybridized carbons (Fsp3) is 0.545. The van der Waals surface area contributed by atoms with E-state index in [4.69, 9.17) is 10.6 Å². The second-order valence-electron chi connectivity index (χ2n) is 3.62. The van der Waals surface area contributed by atoms with Crippen molar-refractivity contribution in [2.75, 3.05) is 30.6 Å². The number of anilines is 2. The number of nitrogens with two attached hydrogens (primary N) is 1. The molecule has 90 valence electrons. The summed E-state index contributed by atoms with van der Waals surface area (Å²) >= 11 is 0. The van der Waals surface area contributed by atoms with E-state index in [1.165, 1.54) is 0 Å². The van der Waals surface area contributed by atoms with Gasteiger partial charge in [-0.1, -0.05) is 6.07 Å². The fourth-order valence-corrected chi connectivity index (χ4v) is 1.69. The highest BCUT2D eigenvalue weighted by Gasteiger charge is 2.13. The predicted molar refractivity (Wildman–Crippen MR) is 66.4 cm³/mol. The lowest BCUT2D eigenvalue weighted by atomic mass is 10.3. The van der Waals surface area contributed by atoms with Gasteiger partial charge < -0.3 is 15.1 Å². The van der Waals surface area contributed by atoms with Gasteiger partial charge in [-0.25, -0.2) is 10.8 Å². The van der Waals surface area contributed by atoms with Crippen molar-refractivity contribution in [3.05, 3.63) is 18.2 Å². The van der Waals surface area contributed by atoms with Gasteiger partial charge in [-0.05, 0) is 26.0 Å². The summed E-state index contributed by atoms with van der Waals surface area (Å²) in [5.41, 5.74) is 2.55. The van der Waals surface area contributed by atoms with Crippen LogP contribution in [0.25, 0.3) is 0 Å². The van der Waals surface area contributed by atoms with Crippen molar-refractivity contribution in [1.82, 2.24) is 4.98 Å². The molecule has 0 amide bonds. The zero-order chi connectivity index (χ0) is 12.0. The topological polar surface area (TPSA) is 63.4 Å². The second-order valence-corrected chi connectivity index (χ2v) is 3.62. The molecule has 0 bridgehead atoms. The van der Waals surface area contributed by atoms with E-state index in [0.29, 0.717) is 12.4 Å². The zero-order valence-electron chi connectivity index (χ0n) is 10.1. The summed E-state index contributed by atoms with van der Waals surface area (Å²) in [6.07, 6.45) is 0. The van der Waals surface area contributed by atoms with E-state index < -0.39 is 0 Å². The van der Waals surface area contributed by atoms with Crippen molar-refractivity contribution >= 4 is 11.6 Å². The molecule has 1 heterocycles. The largest absolute Gasteiger partial charge is 0.383 e. The Morgan fingerprint density at radius 3 is 2.88 bits per heavy atom. The Hall–Kier alpha value is -1.33. The van der Waals surface area contributed by atoms with E-state index >= 15 is 0 Å². The van der Waals surface area contributed by atoms with E-state index in [2.05, 4.69) is 29.2 Å². The standard InChI is InChI=1S/C11H20N4O/c1-4-15(9(2)8-16-3)11-7-5-6-10(13-11)14-12/h5-7,9H,4,8,12H2,1-3H3,(H,13,14). The van der Waals surface area contributed by atoms with E-state index in [9.17, 15) is 0 Å². The van der Waals surface area contributed by atoms with Gasteiger partial charge in [0, 0.05) is 13.7 Å². The third-order valence-electron chi connectivity index (χ3n) is 2.46. The van der Waals surface area contributed by atoms with Gasteiger partial charge in [0.2, 0.25) is 0 Å². The smallest absolute Gasteiger partial charge is 0.142 e. The Morgan fingerprint density at radius 1 is 1.56 bits per heavy atom. The highest BCUT2D eigenvalue weighted by molar-refractivity contribution is 5.47. The van der Waals surface area contributed by atoms with Gasteiger partial charge in [0.05, 0.1) is 12.6 Å². The number of ether oxygens (including phenoxy) is 1. The number of nitrogen functional groups attached to an aromatic ring is 1. The zero-order valence-corrected chi connectivity index (χ0v) is 10.1. The number of nitrogens with zero attached hydrogens (tertiary/aromatic N) is 2. The Balaban J connectivity index is 2.85. The van der Waals surface area contributed by atoms with Crippen LogP contribution in [0.3, 0.4) is 0 Å². The average Bonchev–Trinajstić information content (AvgIpc) is 2.31. The van der Waals surface area contributed by atoms with Gasteiger partial charge in [0.15, 0.2) is 0 Å². The van der Waals surface area contributed by atoms with Crippen LogP contribution in [-0.4, -0.2) is 31.3 Å². The molecule has 1 aromatic heterocycles. The molecule has 0 aliphatic heterocycles. The monoisotopic (exact) mass is 224 g/mol. The van der Waals surface area contributed by atoms with Crippen LogP contribution in [-0.2, 0) is 4.74 Å². The lowest BCUT2D eigenvalue weighted by molar-refractivity contribution is 0.181. The molecule has 0 radical (unpaired) electrons. The normalized spacial score (nSPS) is 12.2. The molecule has 1 aromatic rings. The Morgan fingerprint density at radius 2 is 2.31 bits per heavy atom. The van der Waals surface area contributed by atoms with Gasteiger partial charge >= 0.3 is 0 Å². The van der Waals surface area contributed by atoms with Crippen LogP contribution in [0.4, 0.5) is 11.6 Å². The summed E-state index contributed by atoms with van der Waals surface area (Å²) in [6.45, 7) is 5.76. The summed E-state index contributed by atoms with van der Waals surface area (Å²) in [7, 11) is 1.70. The minimum atomic E-state index is 0.288. The maximum Gasteiger partial charge on any atom is 0.142 e. The van der Waals surface area contributed by atoms with Gasteiger partial charge in [0.1, 0.15) is 11.6 Å². The van der Waals surface area contributed by atoms with Crippen LogP contribution >= 0.6 is 0 Å². The van der Waals surface area contributed by atoms with Gasteiger partial charge in [0.25, 0.3) is 0 Å². The molecule has 5 heteroatoms. The number of nitrogens with one attached hydrogen (secondary N) is 1. The summed E-state index contributed by atoms with van der Waals surface area (Å²) in [5, 5.41) is 0. The summed E-state index contributed by atoms with van der Waals surface area (Å²) in [4.78, 5) is 6.57. The predicted octanol–water partition coefficient (Wildman–Crippen LogP) is 1.23. The van der Waals surface area contributed by atoms with Crippen molar-refractivity contribution in [2.45, 2.75) is 19.9 Å². The molecule has 0 aromatic carbocycles. The number of hydrogen-bond donors (Lipinski definition) is 2. The third-order valence-corrected chi connectivity index (χ3v) is 2.46. The molecule has 0 spiro atoms. The lowest BCUT2D eigenvalue weighted by Crippen LogP contribution is -2.36. The van der Waals surface area contributed by atoms with E-state index in [0.717, 1.165) is 12.4 Å². The number of methoxy groups -OCH3 is 1. The summed E-state index contributed by atoms with van der Waals surface area (Å²) in [6, 6.07) is 6.02. The van der Waals surface area contributed by atoms with Crippen molar-refractivity contribution < 1.29 is 4.74 Å². The SMILES string of the molecule is CCN(c1cccc(NN)n1)C(C)COC. The van der Waals surface area contributed by atoms with Crippen molar-refractivity contribution in [2.24, 2.45) is 5.84 Å². The lowest BCUT2D eigenvalue weighted by Gasteiger charge is -2.28. The van der Waals surface area contributed by atoms with Crippen molar-refractivity contribution in [1.29, 1.82) is 0 Å². The minimum Gasteiger partial charge on any atom is -0.383 e. The van der Waals surface area contributed by atoms with Crippen LogP contribution < -0.4 is 16.2 Å². The van der Waals surface area contributed by atoms with Crippen molar-refractivity contribution in [3.8, 4) is 0 Å². The van der Waals surface area contributed by atoms with Crippen LogP contribution in [0.5, 0.6) is 0 Å². The molecule has 1 atom stereocenters. The maximum atomic E-state index is 5.34. The van der Waals surface area contributed by atoms with E-state index in [1.807, 2.05) is 18.2 Å². The number of likely N-dealkylation sites (N-methyl/N-ethyl adjacent to an activating group) is 1. The molecule has 5 nitrogen and oxygen atoms in total. The maximum absolute atomic E-state index is 5.34. The molecule has 0 fully saturated rings. The van der Waals surface area contributed by atoms with Crippen LogP contribution in [0, 0.1) is 0 Å². The van der Waals surface area contributed by atoms with Gasteiger partial charge in [-0.15, -0.1) is 0 Å². The molecular formula is C11H20N4O. The number of aromatic nitrogens is 1. The highest BCUT2D eigenvalue weighted by Crippen LogP contribution is 2.16. The molecule has 0 aliphatic carbocycles. The third kappa shape index (κ3) is 3.08. The second kappa shape index (κ2) is 6.30. The Kier molecular flexibility index (Phi) is 5.01. The van der Waals surface area contributed by atoms with Gasteiger partial charge in [-0.3, -0.25) is 0 Å². The first-order valence-corrected chi connectivity index (χ1v) is 5.42. The fourth-order valence-electron chi connectivity index (χ4n) is 1.69. The van der Waals surface area contributed by atoms with Crippen LogP contribution in [0.15, 0.2) is 18.2 Å². The van der Waals surface area contributed by atoms with Crippen molar-refractivity contribution in [3.63, 3.8) is 0 Å². The first-order valence-electron chi connectivity index (χ1n) is 5.42. The summed E-state index contributed by atoms with van der Waals surface area (Å²) in [5.74, 6) is 6.91. The molecular weight excluding hydrogens is 204 g/mol. The molecule has 1 unspecified atom stereocenters. The van der Waals surface area contributed by atoms with Crippen LogP contribution in [0.1, 0.15) is 13.8 Å². The van der Waals surface area contributed by atoms with Crippen LogP contribution in [0.2, 0.25) is 0 Å². The molecule has 0 saturated heterocycles. The average molecular weight is 224 g/mol. The number of pyridine rings is 1. The van der Waals surface area contributed by atoms with E-state index in [-0.39, 0.29) is 6.04 Å². The van der Waals surface area contributed by atoms with E-state index in [1.54, 1.807) is 7.11 Å². The number of rotatable bonds is 6. The molecule has 16 heavy (non-hydrogen) atoms. The molecule has 1 rings (SSSR count). The number of hydrogen-bond acceptors (Lipinski definition) is 5. The molecule has 3 N–H and O–H groups in total. The molecule has 0 saturated carbocycles. The first-order chi connectivity index (χ1) is 7.72. The number of hydrazine groups is 1. The highest BCUT2D eigenvalue weighted by atomic mass is 16.5. The first kappa shape index (κ1) is 12.7. The quantitative estimate of drug-likeness (QED) is 0.562. The van der Waals surface area contributed by atoms with Gasteiger partial charge in [-0.2, -0.15) is 0 Å². The molecule has 0 aliphatic rings. The minimum absolute atomic E-state index is 0.288. The summed E-state index contributed by atoms with van der Waals surface area (Å²) < 4.78 is 5.15. The Labute approximate surface area is 96.6 Å².